The first-order valence-corrected chi connectivity index (χ1v) is 26.6. The Balaban J connectivity index is 1.11. The van der Waals surface area contributed by atoms with Gasteiger partial charge >= 0.3 is 6.18 Å². The van der Waals surface area contributed by atoms with E-state index in [1.54, 1.807) is 13.0 Å². The summed E-state index contributed by atoms with van der Waals surface area (Å²) in [4.78, 5) is 4.03. The van der Waals surface area contributed by atoms with Crippen molar-refractivity contribution < 1.29 is 13.2 Å². The van der Waals surface area contributed by atoms with E-state index in [0.717, 1.165) is 116 Å². The van der Waals surface area contributed by atoms with Crippen molar-refractivity contribution in [3.63, 3.8) is 0 Å². The summed E-state index contributed by atoms with van der Waals surface area (Å²) in [6.07, 6.45) is -4.49. The molecule has 0 atom stereocenters. The minimum Gasteiger partial charge on any atom is -0.309 e. The maximum Gasteiger partial charge on any atom is 0.416 e. The maximum absolute atomic E-state index is 14.2. The quantitative estimate of drug-likeness (QED) is 0.135. The molecule has 2 heterocycles. The Morgan fingerprint density at radius 2 is 0.671 bits per heavy atom. The molecule has 0 saturated heterocycles. The van der Waals surface area contributed by atoms with E-state index in [-0.39, 0.29) is 0 Å². The lowest BCUT2D eigenvalue weighted by molar-refractivity contribution is -0.137. The zero-order chi connectivity index (χ0) is 54.3. The predicted octanol–water partition coefficient (Wildman–Crippen LogP) is 21.0. The van der Waals surface area contributed by atoms with Gasteiger partial charge in [-0.05, 0) is 180 Å². The number of nitrogens with zero attached hydrogens (tertiary/aromatic N) is 3. The van der Waals surface area contributed by atoms with E-state index in [0.29, 0.717) is 16.8 Å². The molecule has 3 nitrogen and oxygen atoms in total. The molecule has 11 aromatic carbocycles. The van der Waals surface area contributed by atoms with Gasteiger partial charge in [0.25, 0.3) is 0 Å². The van der Waals surface area contributed by atoms with Crippen LogP contribution in [0.2, 0.25) is 0 Å². The van der Waals surface area contributed by atoms with Crippen LogP contribution in [-0.2, 0) is 6.18 Å². The molecular weight excluding hydrogens is 976 g/mol. The standard InChI is InChI=1S/C73H52F3N3/c1-44-7-15-49(16-8-44)53-24-32-67-62(38-53)63-39-54(50-17-9-45(2)10-18-50)25-33-68(63)78(67)71-36-29-59(77-6)43-66(71)61-30-23-57(60-31-28-58(37-48(60)5)73(74,75)76)42-72(61)79-69-34-26-55(51-19-11-46(3)12-20-51)40-64(69)65-41-56(27-35-70(65)79)52-21-13-47(4)14-22-52/h7-43H,1-5H3. The van der Waals surface area contributed by atoms with Crippen LogP contribution in [0.1, 0.15) is 33.4 Å². The van der Waals surface area contributed by atoms with Crippen molar-refractivity contribution in [2.24, 2.45) is 0 Å². The molecule has 13 rings (SSSR count). The summed E-state index contributed by atoms with van der Waals surface area (Å²) >= 11 is 0. The normalized spacial score (nSPS) is 11.8. The highest BCUT2D eigenvalue weighted by atomic mass is 19.4. The van der Waals surface area contributed by atoms with E-state index >= 15 is 0 Å². The zero-order valence-corrected chi connectivity index (χ0v) is 44.3. The van der Waals surface area contributed by atoms with Crippen LogP contribution in [-0.4, -0.2) is 9.13 Å². The Kier molecular flexibility index (Phi) is 11.8. The highest BCUT2D eigenvalue weighted by molar-refractivity contribution is 6.14. The van der Waals surface area contributed by atoms with Crippen LogP contribution in [0, 0.1) is 41.2 Å². The number of hydrogen-bond acceptors (Lipinski definition) is 0. The lowest BCUT2D eigenvalue weighted by Gasteiger charge is -2.21. The molecule has 0 spiro atoms. The van der Waals surface area contributed by atoms with Crippen LogP contribution in [0.15, 0.2) is 224 Å². The van der Waals surface area contributed by atoms with E-state index in [4.69, 9.17) is 6.57 Å². The Morgan fingerprint density at radius 1 is 0.316 bits per heavy atom. The third-order valence-electron chi connectivity index (χ3n) is 15.8. The highest BCUT2D eigenvalue weighted by Crippen LogP contribution is 2.46. The fourth-order valence-electron chi connectivity index (χ4n) is 11.5. The van der Waals surface area contributed by atoms with Gasteiger partial charge in [0, 0.05) is 27.1 Å². The number of halogens is 3. The first-order valence-electron chi connectivity index (χ1n) is 26.6. The lowest BCUT2D eigenvalue weighted by Crippen LogP contribution is -2.05. The van der Waals surface area contributed by atoms with Crippen LogP contribution >= 0.6 is 0 Å². The Hall–Kier alpha value is -9.70. The molecule has 79 heavy (non-hydrogen) atoms. The van der Waals surface area contributed by atoms with Gasteiger partial charge in [0.05, 0.1) is 45.6 Å². The zero-order valence-electron chi connectivity index (χ0n) is 44.3. The molecule has 6 heteroatoms. The Morgan fingerprint density at radius 3 is 1.04 bits per heavy atom. The number of aryl methyl sites for hydroxylation is 5. The number of fused-ring (bicyclic) bond motifs is 6. The van der Waals surface area contributed by atoms with Crippen molar-refractivity contribution in [2.45, 2.75) is 40.8 Å². The monoisotopic (exact) mass is 1030 g/mol. The van der Waals surface area contributed by atoms with Crippen molar-refractivity contribution in [3.8, 4) is 78.1 Å². The van der Waals surface area contributed by atoms with Crippen molar-refractivity contribution in [2.75, 3.05) is 0 Å². The van der Waals surface area contributed by atoms with Crippen LogP contribution in [0.3, 0.4) is 0 Å². The highest BCUT2D eigenvalue weighted by Gasteiger charge is 2.31. The van der Waals surface area contributed by atoms with Crippen molar-refractivity contribution in [1.29, 1.82) is 0 Å². The molecule has 13 aromatic rings. The van der Waals surface area contributed by atoms with Crippen molar-refractivity contribution >= 4 is 49.3 Å². The maximum atomic E-state index is 14.2. The van der Waals surface area contributed by atoms with Crippen LogP contribution in [0.25, 0.3) is 127 Å². The molecule has 0 aliphatic heterocycles. The molecule has 0 amide bonds. The van der Waals surface area contributed by atoms with Crippen LogP contribution < -0.4 is 0 Å². The number of aromatic nitrogens is 2. The molecule has 0 saturated carbocycles. The molecule has 0 N–H and O–H groups in total. The van der Waals surface area contributed by atoms with Gasteiger partial charge in [-0.3, -0.25) is 0 Å². The summed E-state index contributed by atoms with van der Waals surface area (Å²) < 4.78 is 47.3. The lowest BCUT2D eigenvalue weighted by atomic mass is 9.93. The van der Waals surface area contributed by atoms with E-state index in [9.17, 15) is 13.2 Å². The largest absolute Gasteiger partial charge is 0.416 e. The SMILES string of the molecule is [C-]#[N+]c1ccc(-n2c3ccc(-c4ccc(C)cc4)cc3c3cc(-c4ccc(C)cc4)ccc32)c(-c2ccc(-c3ccc(C(F)(F)F)cc3C)cc2-n2c3ccc(-c4ccc(C)cc4)cc3c3cc(-c4ccc(C)cc4)ccc32)c1. The van der Waals surface area contributed by atoms with Crippen LogP contribution in [0.5, 0.6) is 0 Å². The second-order valence-corrected chi connectivity index (χ2v) is 21.1. The molecule has 0 fully saturated rings. The van der Waals surface area contributed by atoms with Gasteiger partial charge in [-0.1, -0.05) is 168 Å². The summed E-state index contributed by atoms with van der Waals surface area (Å²) in [5, 5.41) is 4.28. The predicted molar refractivity (Wildman–Crippen MR) is 323 cm³/mol. The summed E-state index contributed by atoms with van der Waals surface area (Å²) in [7, 11) is 0. The Bertz CT molecular complexity index is 4400. The van der Waals surface area contributed by atoms with E-state index in [2.05, 4.69) is 230 Å². The first-order chi connectivity index (χ1) is 38.3. The number of rotatable bonds is 8. The average molecular weight is 1030 g/mol. The Labute approximate surface area is 457 Å². The number of benzene rings is 11. The van der Waals surface area contributed by atoms with Gasteiger partial charge in [0.15, 0.2) is 5.69 Å². The summed E-state index contributed by atoms with van der Waals surface area (Å²) in [6, 6.07) is 77.3. The fourth-order valence-corrected chi connectivity index (χ4v) is 11.5. The van der Waals surface area contributed by atoms with Crippen molar-refractivity contribution in [3.05, 3.63) is 269 Å². The van der Waals surface area contributed by atoms with Crippen LogP contribution in [0.4, 0.5) is 18.9 Å². The number of alkyl halides is 3. The minimum absolute atomic E-state index is 0.476. The van der Waals surface area contributed by atoms with E-state index in [1.807, 2.05) is 18.2 Å². The van der Waals surface area contributed by atoms with Gasteiger partial charge < -0.3 is 9.13 Å². The molecule has 0 bridgehead atoms. The fraction of sp³-hybridized carbons (Fsp3) is 0.0822. The molecule has 0 unspecified atom stereocenters. The van der Waals surface area contributed by atoms with Gasteiger partial charge in [-0.25, -0.2) is 4.85 Å². The number of hydrogen-bond donors (Lipinski definition) is 0. The summed E-state index contributed by atoms with van der Waals surface area (Å²) in [5.41, 5.74) is 22.6. The van der Waals surface area contributed by atoms with Gasteiger partial charge in [-0.15, -0.1) is 0 Å². The molecule has 0 aliphatic carbocycles. The molecule has 0 aliphatic rings. The minimum atomic E-state index is -4.49. The van der Waals surface area contributed by atoms with Gasteiger partial charge in [-0.2, -0.15) is 13.2 Å². The molecule has 0 radical (unpaired) electrons. The van der Waals surface area contributed by atoms with Gasteiger partial charge in [0.2, 0.25) is 0 Å². The van der Waals surface area contributed by atoms with E-state index in [1.165, 1.54) is 34.4 Å². The van der Waals surface area contributed by atoms with Crippen molar-refractivity contribution in [1.82, 2.24) is 9.13 Å². The first kappa shape index (κ1) is 48.9. The topological polar surface area (TPSA) is 14.2 Å². The second-order valence-electron chi connectivity index (χ2n) is 21.1. The third-order valence-corrected chi connectivity index (χ3v) is 15.8. The third kappa shape index (κ3) is 8.74. The smallest absolute Gasteiger partial charge is 0.309 e. The molecule has 2 aromatic heterocycles. The molecule has 380 valence electrons. The molecular formula is C73H52F3N3. The summed E-state index contributed by atoms with van der Waals surface area (Å²) in [5.74, 6) is 0. The second kappa shape index (κ2) is 19.1. The summed E-state index contributed by atoms with van der Waals surface area (Å²) in [6.45, 7) is 18.6. The van der Waals surface area contributed by atoms with Gasteiger partial charge in [0.1, 0.15) is 0 Å². The van der Waals surface area contributed by atoms with E-state index < -0.39 is 11.7 Å². The average Bonchev–Trinajstić information content (AvgIpc) is 4.02.